The molecule has 1 aromatic rings. The summed E-state index contributed by atoms with van der Waals surface area (Å²) in [6.45, 7) is 4.34. The zero-order valence-corrected chi connectivity index (χ0v) is 14.4. The highest BCUT2D eigenvalue weighted by Crippen LogP contribution is 2.31. The summed E-state index contributed by atoms with van der Waals surface area (Å²) < 4.78 is 0. The van der Waals surface area contributed by atoms with Crippen molar-refractivity contribution in [3.63, 3.8) is 0 Å². The molecule has 3 N–H and O–H groups in total. The van der Waals surface area contributed by atoms with Gasteiger partial charge in [0.25, 0.3) is 0 Å². The summed E-state index contributed by atoms with van der Waals surface area (Å²) >= 11 is 0. The molecule has 1 aromatic carbocycles. The third kappa shape index (κ3) is 4.61. The first kappa shape index (κ1) is 19.3. The minimum atomic E-state index is -0.0140. The number of allylic oxidation sites excluding steroid dienone is 2. The standard InChI is InChI=1S/C20H26O2.H3N/c1-3-5-6-7-11-15(10-4-2)18-14-19(21)16-12-8-9-13-17(16)20(18)22;/h8-9,12-15H,3-7,10-11H2,1-2H3;1H3. The van der Waals surface area contributed by atoms with Crippen LogP contribution in [0.3, 0.4) is 0 Å². The Labute approximate surface area is 139 Å². The minimum Gasteiger partial charge on any atom is -0.344 e. The van der Waals surface area contributed by atoms with Crippen molar-refractivity contribution in [1.82, 2.24) is 6.15 Å². The fraction of sp³-hybridized carbons (Fsp3) is 0.500. The van der Waals surface area contributed by atoms with Gasteiger partial charge >= 0.3 is 0 Å². The summed E-state index contributed by atoms with van der Waals surface area (Å²) in [5.74, 6) is 0.274. The molecule has 1 aliphatic carbocycles. The van der Waals surface area contributed by atoms with E-state index in [4.69, 9.17) is 0 Å². The Hall–Kier alpha value is -1.74. The zero-order chi connectivity index (χ0) is 15.9. The monoisotopic (exact) mass is 315 g/mol. The van der Waals surface area contributed by atoms with E-state index in [9.17, 15) is 9.59 Å². The van der Waals surface area contributed by atoms with Gasteiger partial charge in [0.15, 0.2) is 11.6 Å². The smallest absolute Gasteiger partial charge is 0.190 e. The number of unbranched alkanes of at least 4 members (excludes halogenated alkanes) is 3. The summed E-state index contributed by atoms with van der Waals surface area (Å²) in [5, 5.41) is 0. The first-order valence-corrected chi connectivity index (χ1v) is 8.58. The Kier molecular flexibility index (Phi) is 7.90. The van der Waals surface area contributed by atoms with Gasteiger partial charge in [0.05, 0.1) is 0 Å². The third-order valence-corrected chi connectivity index (χ3v) is 4.47. The fourth-order valence-electron chi connectivity index (χ4n) is 3.26. The number of rotatable bonds is 8. The Balaban J connectivity index is 0.00000264. The lowest BCUT2D eigenvalue weighted by molar-refractivity contribution is 0.0972. The van der Waals surface area contributed by atoms with Crippen molar-refractivity contribution in [2.24, 2.45) is 5.92 Å². The van der Waals surface area contributed by atoms with Crippen LogP contribution in [-0.4, -0.2) is 11.6 Å². The van der Waals surface area contributed by atoms with E-state index in [-0.39, 0.29) is 23.6 Å². The normalized spacial score (nSPS) is 14.8. The first-order chi connectivity index (χ1) is 10.7. The Bertz CT molecular complexity index is 575. The van der Waals surface area contributed by atoms with Crippen molar-refractivity contribution >= 4 is 11.6 Å². The van der Waals surface area contributed by atoms with Gasteiger partial charge in [-0.25, -0.2) is 0 Å². The number of fused-ring (bicyclic) bond motifs is 1. The van der Waals surface area contributed by atoms with Crippen molar-refractivity contribution in [3.8, 4) is 0 Å². The highest BCUT2D eigenvalue weighted by molar-refractivity contribution is 6.24. The largest absolute Gasteiger partial charge is 0.344 e. The lowest BCUT2D eigenvalue weighted by atomic mass is 9.79. The molecule has 1 atom stereocenters. The fourth-order valence-corrected chi connectivity index (χ4v) is 3.26. The van der Waals surface area contributed by atoms with Crippen LogP contribution in [0.4, 0.5) is 0 Å². The molecule has 0 aliphatic heterocycles. The number of ketones is 2. The Morgan fingerprint density at radius 2 is 1.57 bits per heavy atom. The van der Waals surface area contributed by atoms with Crippen LogP contribution in [0, 0.1) is 5.92 Å². The average molecular weight is 315 g/mol. The molecule has 1 unspecified atom stereocenters. The van der Waals surface area contributed by atoms with E-state index >= 15 is 0 Å². The van der Waals surface area contributed by atoms with Crippen molar-refractivity contribution in [2.75, 3.05) is 0 Å². The predicted molar refractivity (Wildman–Crippen MR) is 95.4 cm³/mol. The predicted octanol–water partition coefficient (Wildman–Crippen LogP) is 5.54. The topological polar surface area (TPSA) is 69.1 Å². The van der Waals surface area contributed by atoms with Crippen molar-refractivity contribution in [2.45, 2.75) is 58.8 Å². The number of benzene rings is 1. The van der Waals surface area contributed by atoms with Gasteiger partial charge in [-0.3, -0.25) is 9.59 Å². The summed E-state index contributed by atoms with van der Waals surface area (Å²) in [6.07, 6.45) is 9.45. The Morgan fingerprint density at radius 1 is 0.870 bits per heavy atom. The van der Waals surface area contributed by atoms with Crippen LogP contribution in [0.15, 0.2) is 35.9 Å². The maximum absolute atomic E-state index is 12.7. The van der Waals surface area contributed by atoms with Gasteiger partial charge in [0.2, 0.25) is 0 Å². The van der Waals surface area contributed by atoms with E-state index in [1.54, 1.807) is 18.2 Å². The molecule has 3 nitrogen and oxygen atoms in total. The number of carbonyl (C=O) groups excluding carboxylic acids is 2. The molecular formula is C20H29NO2. The molecule has 0 radical (unpaired) electrons. The summed E-state index contributed by atoms with van der Waals surface area (Å²) in [5.41, 5.74) is 1.87. The van der Waals surface area contributed by atoms with E-state index in [0.717, 1.165) is 31.3 Å². The molecule has 0 aromatic heterocycles. The second kappa shape index (κ2) is 9.41. The van der Waals surface area contributed by atoms with E-state index in [0.29, 0.717) is 11.1 Å². The SMILES string of the molecule is CCCCCCC(CCC)C1=CC(=O)c2ccccc2C1=O.N. The molecule has 0 saturated heterocycles. The van der Waals surface area contributed by atoms with Crippen molar-refractivity contribution in [1.29, 1.82) is 0 Å². The Morgan fingerprint density at radius 3 is 2.22 bits per heavy atom. The van der Waals surface area contributed by atoms with Crippen LogP contribution in [-0.2, 0) is 0 Å². The molecule has 2 rings (SSSR count). The molecule has 0 amide bonds. The van der Waals surface area contributed by atoms with E-state index in [2.05, 4.69) is 13.8 Å². The van der Waals surface area contributed by atoms with Crippen LogP contribution in [0.25, 0.3) is 0 Å². The van der Waals surface area contributed by atoms with Crippen LogP contribution in [0.1, 0.15) is 79.5 Å². The van der Waals surface area contributed by atoms with Gasteiger partial charge in [-0.05, 0) is 24.8 Å². The lowest BCUT2D eigenvalue weighted by Gasteiger charge is -2.23. The second-order valence-electron chi connectivity index (χ2n) is 6.17. The van der Waals surface area contributed by atoms with Crippen molar-refractivity contribution < 1.29 is 9.59 Å². The lowest BCUT2D eigenvalue weighted by Crippen LogP contribution is -2.22. The van der Waals surface area contributed by atoms with Gasteiger partial charge in [0.1, 0.15) is 0 Å². The molecule has 0 spiro atoms. The number of hydrogen-bond acceptors (Lipinski definition) is 3. The maximum Gasteiger partial charge on any atom is 0.190 e. The van der Waals surface area contributed by atoms with Crippen LogP contribution in [0.5, 0.6) is 0 Å². The summed E-state index contributed by atoms with van der Waals surface area (Å²) in [6, 6.07) is 7.18. The van der Waals surface area contributed by atoms with Gasteiger partial charge < -0.3 is 6.15 Å². The molecule has 0 fully saturated rings. The van der Waals surface area contributed by atoms with Crippen LogP contribution < -0.4 is 6.15 Å². The van der Waals surface area contributed by atoms with Crippen molar-refractivity contribution in [3.05, 3.63) is 47.0 Å². The minimum absolute atomic E-state index is 0. The van der Waals surface area contributed by atoms with Gasteiger partial charge in [-0.1, -0.05) is 70.2 Å². The summed E-state index contributed by atoms with van der Waals surface area (Å²) in [7, 11) is 0. The van der Waals surface area contributed by atoms with Gasteiger partial charge in [-0.2, -0.15) is 0 Å². The van der Waals surface area contributed by atoms with E-state index < -0.39 is 0 Å². The van der Waals surface area contributed by atoms with Gasteiger partial charge in [0, 0.05) is 16.7 Å². The van der Waals surface area contributed by atoms with Crippen LogP contribution >= 0.6 is 0 Å². The molecule has 3 heteroatoms. The molecule has 0 heterocycles. The maximum atomic E-state index is 12.7. The number of carbonyl (C=O) groups is 2. The quantitative estimate of drug-likeness (QED) is 0.640. The summed E-state index contributed by atoms with van der Waals surface area (Å²) in [4.78, 5) is 25.0. The molecule has 23 heavy (non-hydrogen) atoms. The zero-order valence-electron chi connectivity index (χ0n) is 14.4. The number of Topliss-reactive ketones (excluding diaryl/α,β-unsaturated/α-hetero) is 1. The highest BCUT2D eigenvalue weighted by atomic mass is 16.1. The highest BCUT2D eigenvalue weighted by Gasteiger charge is 2.29. The molecule has 0 bridgehead atoms. The molecule has 0 saturated carbocycles. The average Bonchev–Trinajstić information content (AvgIpc) is 2.54. The number of hydrogen-bond donors (Lipinski definition) is 1. The van der Waals surface area contributed by atoms with Gasteiger partial charge in [-0.15, -0.1) is 0 Å². The second-order valence-corrected chi connectivity index (χ2v) is 6.17. The third-order valence-electron chi connectivity index (χ3n) is 4.47. The molecule has 126 valence electrons. The first-order valence-electron chi connectivity index (χ1n) is 8.58. The van der Waals surface area contributed by atoms with E-state index in [1.165, 1.54) is 19.3 Å². The van der Waals surface area contributed by atoms with Crippen LogP contribution in [0.2, 0.25) is 0 Å². The molecule has 1 aliphatic rings. The van der Waals surface area contributed by atoms with E-state index in [1.807, 2.05) is 12.1 Å². The molecular weight excluding hydrogens is 286 g/mol.